The van der Waals surface area contributed by atoms with E-state index in [1.807, 2.05) is 0 Å². The van der Waals surface area contributed by atoms with Crippen molar-refractivity contribution in [2.24, 2.45) is 28.9 Å². The van der Waals surface area contributed by atoms with Crippen molar-refractivity contribution in [1.82, 2.24) is 16.0 Å². The molecule has 0 radical (unpaired) electrons. The molecule has 0 unspecified atom stereocenters. The van der Waals surface area contributed by atoms with Gasteiger partial charge in [-0.2, -0.15) is 0 Å². The Hall–Kier alpha value is -2.69. The van der Waals surface area contributed by atoms with Crippen LogP contribution in [0.25, 0.3) is 0 Å². The Labute approximate surface area is 198 Å². The summed E-state index contributed by atoms with van der Waals surface area (Å²) in [6.07, 6.45) is 6.30. The lowest BCUT2D eigenvalue weighted by atomic mass is 9.49. The first-order valence-electron chi connectivity index (χ1n) is 12.0. The van der Waals surface area contributed by atoms with Crippen LogP contribution in [0.4, 0.5) is 0 Å². The van der Waals surface area contributed by atoms with Crippen molar-refractivity contribution >= 4 is 29.6 Å². The maximum absolute atomic E-state index is 12.9. The summed E-state index contributed by atoms with van der Waals surface area (Å²) in [6, 6.07) is -2.12. The highest BCUT2D eigenvalue weighted by atomic mass is 16.5. The molecule has 2 atom stereocenters. The predicted molar refractivity (Wildman–Crippen MR) is 120 cm³/mol. The van der Waals surface area contributed by atoms with E-state index < -0.39 is 35.8 Å². The first-order valence-corrected chi connectivity index (χ1v) is 12.0. The Bertz CT molecular complexity index is 780. The van der Waals surface area contributed by atoms with E-state index in [0.717, 1.165) is 19.3 Å². The van der Waals surface area contributed by atoms with Gasteiger partial charge in [0.15, 0.2) is 0 Å². The Morgan fingerprint density at radius 2 is 1.62 bits per heavy atom. The van der Waals surface area contributed by atoms with Gasteiger partial charge in [0.25, 0.3) is 0 Å². The fraction of sp³-hybridized carbons (Fsp3) is 0.783. The average molecular weight is 481 g/mol. The topological polar surface area (TPSA) is 177 Å². The number of primary amides is 1. The summed E-state index contributed by atoms with van der Waals surface area (Å²) in [4.78, 5) is 59.2. The molecule has 6 N–H and O–H groups in total. The van der Waals surface area contributed by atoms with Gasteiger partial charge in [0.2, 0.25) is 23.6 Å². The Morgan fingerprint density at radius 1 is 1.03 bits per heavy atom. The summed E-state index contributed by atoms with van der Waals surface area (Å²) >= 11 is 0. The molecule has 11 nitrogen and oxygen atoms in total. The SMILES string of the molecule is C[C@H](NC(=O)COCCNC(=O)C12CC3CC(CC(C3)C1)C2)C(=O)N[C@H](CCC(=O)O)C(N)=O. The van der Waals surface area contributed by atoms with E-state index in [0.29, 0.717) is 24.3 Å². The van der Waals surface area contributed by atoms with E-state index in [1.54, 1.807) is 0 Å². The van der Waals surface area contributed by atoms with Gasteiger partial charge in [0.05, 0.1) is 6.61 Å². The molecule has 0 spiro atoms. The van der Waals surface area contributed by atoms with Crippen LogP contribution < -0.4 is 21.7 Å². The van der Waals surface area contributed by atoms with Crippen LogP contribution in [0, 0.1) is 23.2 Å². The lowest BCUT2D eigenvalue weighted by Crippen LogP contribution is -2.54. The van der Waals surface area contributed by atoms with Gasteiger partial charge in [0, 0.05) is 18.4 Å². The standard InChI is InChI=1S/C23H36N4O7/c1-13(21(32)27-17(20(24)31)2-3-19(29)30)26-18(28)12-34-5-4-25-22(33)23-9-14-6-15(10-23)8-16(7-14)11-23/h13-17H,2-12H2,1H3,(H2,24,31)(H,25,33)(H,26,28)(H,27,32)(H,29,30)/t13-,14?,15?,16?,17+,23?/m0/s1. The normalized spacial score (nSPS) is 28.6. The molecule has 0 aromatic rings. The zero-order chi connectivity index (χ0) is 24.9. The molecule has 34 heavy (non-hydrogen) atoms. The molecular formula is C23H36N4O7. The van der Waals surface area contributed by atoms with Crippen molar-refractivity contribution in [1.29, 1.82) is 0 Å². The Balaban J connectivity index is 1.31. The van der Waals surface area contributed by atoms with E-state index in [2.05, 4.69) is 16.0 Å². The summed E-state index contributed by atoms with van der Waals surface area (Å²) in [5.41, 5.74) is 4.97. The third kappa shape index (κ3) is 6.68. The number of nitrogens with two attached hydrogens (primary N) is 1. The molecule has 4 amide bonds. The number of carbonyl (C=O) groups is 5. The van der Waals surface area contributed by atoms with Crippen molar-refractivity contribution in [2.75, 3.05) is 19.8 Å². The minimum absolute atomic E-state index is 0.108. The maximum atomic E-state index is 12.9. The van der Waals surface area contributed by atoms with Crippen molar-refractivity contribution in [3.63, 3.8) is 0 Å². The Morgan fingerprint density at radius 3 is 2.15 bits per heavy atom. The third-order valence-corrected chi connectivity index (χ3v) is 7.36. The number of carbonyl (C=O) groups excluding carboxylic acids is 4. The van der Waals surface area contributed by atoms with Crippen molar-refractivity contribution < 1.29 is 33.8 Å². The van der Waals surface area contributed by atoms with Gasteiger partial charge in [-0.25, -0.2) is 0 Å². The van der Waals surface area contributed by atoms with Crippen LogP contribution in [0.3, 0.4) is 0 Å². The van der Waals surface area contributed by atoms with Gasteiger partial charge in [0.1, 0.15) is 18.7 Å². The van der Waals surface area contributed by atoms with Gasteiger partial charge in [-0.3, -0.25) is 24.0 Å². The first-order chi connectivity index (χ1) is 16.1. The van der Waals surface area contributed by atoms with Gasteiger partial charge < -0.3 is 31.5 Å². The van der Waals surface area contributed by atoms with Crippen LogP contribution >= 0.6 is 0 Å². The van der Waals surface area contributed by atoms with E-state index in [9.17, 15) is 24.0 Å². The highest BCUT2D eigenvalue weighted by Gasteiger charge is 2.54. The summed E-state index contributed by atoms with van der Waals surface area (Å²) in [5, 5.41) is 16.5. The summed E-state index contributed by atoms with van der Waals surface area (Å²) < 4.78 is 5.33. The number of carboxylic acids is 1. The predicted octanol–water partition coefficient (Wildman–Crippen LogP) is -0.325. The van der Waals surface area contributed by atoms with E-state index in [1.165, 1.54) is 26.2 Å². The van der Waals surface area contributed by atoms with Gasteiger partial charge in [-0.1, -0.05) is 0 Å². The molecule has 4 bridgehead atoms. The summed E-state index contributed by atoms with van der Waals surface area (Å²) in [6.45, 7) is 1.62. The molecule has 0 heterocycles. The number of aliphatic carboxylic acids is 1. The average Bonchev–Trinajstić information content (AvgIpc) is 2.74. The minimum Gasteiger partial charge on any atom is -0.481 e. The van der Waals surface area contributed by atoms with Crippen LogP contribution in [-0.2, 0) is 28.7 Å². The minimum atomic E-state index is -1.14. The molecule has 4 aliphatic rings. The fourth-order valence-corrected chi connectivity index (χ4v) is 6.18. The number of nitrogens with one attached hydrogen (secondary N) is 3. The van der Waals surface area contributed by atoms with Crippen molar-refractivity contribution in [3.8, 4) is 0 Å². The van der Waals surface area contributed by atoms with Crippen LogP contribution in [0.15, 0.2) is 0 Å². The molecule has 11 heteroatoms. The maximum Gasteiger partial charge on any atom is 0.303 e. The lowest BCUT2D eigenvalue weighted by Gasteiger charge is -2.55. The highest BCUT2D eigenvalue weighted by Crippen LogP contribution is 2.60. The number of hydrogen-bond acceptors (Lipinski definition) is 6. The molecule has 0 aromatic heterocycles. The molecule has 4 aliphatic carbocycles. The number of carboxylic acid groups (broad SMARTS) is 1. The second-order valence-corrected chi connectivity index (χ2v) is 10.2. The van der Waals surface area contributed by atoms with Crippen molar-refractivity contribution in [2.45, 2.75) is 70.4 Å². The molecule has 0 aliphatic heterocycles. The van der Waals surface area contributed by atoms with Gasteiger partial charge in [-0.05, 0) is 69.6 Å². The molecule has 4 saturated carbocycles. The molecule has 4 rings (SSSR count). The molecule has 4 fully saturated rings. The molecule has 0 aromatic carbocycles. The number of amides is 4. The van der Waals surface area contributed by atoms with E-state index in [-0.39, 0.29) is 37.4 Å². The largest absolute Gasteiger partial charge is 0.481 e. The summed E-state index contributed by atoms with van der Waals surface area (Å²) in [5.74, 6) is -0.997. The Kier molecular flexibility index (Phi) is 8.51. The second-order valence-electron chi connectivity index (χ2n) is 10.2. The number of hydrogen-bond donors (Lipinski definition) is 5. The van der Waals surface area contributed by atoms with Gasteiger partial charge in [-0.15, -0.1) is 0 Å². The molecule has 190 valence electrons. The zero-order valence-corrected chi connectivity index (χ0v) is 19.6. The quantitative estimate of drug-likeness (QED) is 0.224. The van der Waals surface area contributed by atoms with Crippen LogP contribution in [0.1, 0.15) is 58.3 Å². The third-order valence-electron chi connectivity index (χ3n) is 7.36. The van der Waals surface area contributed by atoms with Crippen LogP contribution in [0.5, 0.6) is 0 Å². The smallest absolute Gasteiger partial charge is 0.303 e. The van der Waals surface area contributed by atoms with Crippen LogP contribution in [-0.4, -0.2) is 66.5 Å². The summed E-state index contributed by atoms with van der Waals surface area (Å²) in [7, 11) is 0. The highest BCUT2D eigenvalue weighted by molar-refractivity contribution is 5.91. The first kappa shape index (κ1) is 25.9. The van der Waals surface area contributed by atoms with E-state index in [4.69, 9.17) is 15.6 Å². The number of ether oxygens (including phenoxy) is 1. The fourth-order valence-electron chi connectivity index (χ4n) is 6.18. The number of rotatable bonds is 13. The lowest BCUT2D eigenvalue weighted by molar-refractivity contribution is -0.146. The van der Waals surface area contributed by atoms with Crippen molar-refractivity contribution in [3.05, 3.63) is 0 Å². The zero-order valence-electron chi connectivity index (χ0n) is 19.6. The molecule has 0 saturated heterocycles. The second kappa shape index (κ2) is 11.2. The van der Waals surface area contributed by atoms with E-state index >= 15 is 0 Å². The molecular weight excluding hydrogens is 444 g/mol. The monoisotopic (exact) mass is 480 g/mol. The van der Waals surface area contributed by atoms with Crippen LogP contribution in [0.2, 0.25) is 0 Å². The van der Waals surface area contributed by atoms with Gasteiger partial charge >= 0.3 is 5.97 Å².